The predicted octanol–water partition coefficient (Wildman–Crippen LogP) is 3.73. The van der Waals surface area contributed by atoms with Crippen LogP contribution in [-0.4, -0.2) is 27.1 Å². The van der Waals surface area contributed by atoms with E-state index in [0.717, 1.165) is 46.0 Å². The molecular formula is C18H19F3N2O3S. The highest BCUT2D eigenvalue weighted by Crippen LogP contribution is 2.31. The molecule has 0 fully saturated rings. The number of carbonyl (C=O) groups is 1. The first kappa shape index (κ1) is 20.8. The van der Waals surface area contributed by atoms with Crippen LogP contribution in [0, 0.1) is 13.8 Å². The Morgan fingerprint density at radius 3 is 2.19 bits per heavy atom. The second-order valence-electron chi connectivity index (χ2n) is 6.18. The summed E-state index contributed by atoms with van der Waals surface area (Å²) in [5.74, 6) is -0.603. The van der Waals surface area contributed by atoms with Crippen LogP contribution in [0.5, 0.6) is 0 Å². The number of sulfonamides is 1. The van der Waals surface area contributed by atoms with Crippen LogP contribution in [0.4, 0.5) is 24.5 Å². The van der Waals surface area contributed by atoms with E-state index in [0.29, 0.717) is 5.69 Å². The van der Waals surface area contributed by atoms with Crippen molar-refractivity contribution in [1.29, 1.82) is 0 Å². The summed E-state index contributed by atoms with van der Waals surface area (Å²) >= 11 is 0. The van der Waals surface area contributed by atoms with Crippen molar-refractivity contribution >= 4 is 27.3 Å². The van der Waals surface area contributed by atoms with Crippen LogP contribution >= 0.6 is 0 Å². The zero-order chi connectivity index (χ0) is 20.4. The molecule has 0 atom stereocenters. The molecule has 0 aliphatic heterocycles. The number of nitrogens with one attached hydrogen (secondary N) is 1. The summed E-state index contributed by atoms with van der Waals surface area (Å²) in [7, 11) is -3.88. The number of halogens is 3. The lowest BCUT2D eigenvalue weighted by molar-refractivity contribution is -0.137. The predicted molar refractivity (Wildman–Crippen MR) is 98.2 cm³/mol. The van der Waals surface area contributed by atoms with Gasteiger partial charge in [-0.3, -0.25) is 9.10 Å². The molecular weight excluding hydrogens is 381 g/mol. The van der Waals surface area contributed by atoms with Gasteiger partial charge in [0, 0.05) is 5.69 Å². The molecule has 0 spiro atoms. The van der Waals surface area contributed by atoms with Gasteiger partial charge in [0.1, 0.15) is 6.54 Å². The van der Waals surface area contributed by atoms with Gasteiger partial charge in [-0.15, -0.1) is 0 Å². The SMILES string of the molecule is Cc1ccc(C)c(NC(=O)CN(c2ccc(C(F)(F)F)cc2)S(C)(=O)=O)c1. The largest absolute Gasteiger partial charge is 0.416 e. The average molecular weight is 400 g/mol. The summed E-state index contributed by atoms with van der Waals surface area (Å²) in [6.45, 7) is 3.08. The Labute approximate surface area is 155 Å². The summed E-state index contributed by atoms with van der Waals surface area (Å²) in [5, 5.41) is 2.63. The Hall–Kier alpha value is -2.55. The second kappa shape index (κ2) is 7.59. The summed E-state index contributed by atoms with van der Waals surface area (Å²) in [4.78, 5) is 12.3. The molecule has 146 valence electrons. The third-order valence-electron chi connectivity index (χ3n) is 3.84. The van der Waals surface area contributed by atoms with Crippen LogP contribution in [-0.2, 0) is 21.0 Å². The molecule has 0 bridgehead atoms. The average Bonchev–Trinajstić information content (AvgIpc) is 2.54. The number of anilines is 2. The molecule has 9 heteroatoms. The number of nitrogens with zero attached hydrogens (tertiary/aromatic N) is 1. The number of alkyl halides is 3. The van der Waals surface area contributed by atoms with E-state index in [2.05, 4.69) is 5.32 Å². The van der Waals surface area contributed by atoms with Gasteiger partial charge in [-0.2, -0.15) is 13.2 Å². The Kier molecular flexibility index (Phi) is 5.84. The van der Waals surface area contributed by atoms with Gasteiger partial charge < -0.3 is 5.32 Å². The van der Waals surface area contributed by atoms with Crippen molar-refractivity contribution in [3.63, 3.8) is 0 Å². The van der Waals surface area contributed by atoms with Crippen molar-refractivity contribution in [2.45, 2.75) is 20.0 Å². The molecule has 27 heavy (non-hydrogen) atoms. The van der Waals surface area contributed by atoms with E-state index in [4.69, 9.17) is 0 Å². The van der Waals surface area contributed by atoms with E-state index < -0.39 is 34.2 Å². The van der Waals surface area contributed by atoms with Gasteiger partial charge in [0.2, 0.25) is 15.9 Å². The molecule has 5 nitrogen and oxygen atoms in total. The zero-order valence-electron chi connectivity index (χ0n) is 15.0. The molecule has 2 rings (SSSR count). The summed E-state index contributed by atoms with van der Waals surface area (Å²) in [5.41, 5.74) is 1.33. The lowest BCUT2D eigenvalue weighted by Crippen LogP contribution is -2.37. The highest BCUT2D eigenvalue weighted by molar-refractivity contribution is 7.92. The Morgan fingerprint density at radius 2 is 1.67 bits per heavy atom. The van der Waals surface area contributed by atoms with Crippen molar-refractivity contribution in [2.24, 2.45) is 0 Å². The summed E-state index contributed by atoms with van der Waals surface area (Å²) in [6, 6.07) is 9.03. The lowest BCUT2D eigenvalue weighted by Gasteiger charge is -2.22. The molecule has 0 aromatic heterocycles. The quantitative estimate of drug-likeness (QED) is 0.832. The van der Waals surface area contributed by atoms with Gasteiger partial charge in [0.25, 0.3) is 0 Å². The summed E-state index contributed by atoms with van der Waals surface area (Å²) in [6.07, 6.45) is -3.65. The molecule has 0 aliphatic rings. The standard InChI is InChI=1S/C18H19F3N2O3S/c1-12-4-5-13(2)16(10-12)22-17(24)11-23(27(3,25)26)15-8-6-14(7-9-15)18(19,20)21/h4-10H,11H2,1-3H3,(H,22,24). The molecule has 0 saturated carbocycles. The molecule has 0 heterocycles. The van der Waals surface area contributed by atoms with Gasteiger partial charge in [0.05, 0.1) is 17.5 Å². The Morgan fingerprint density at radius 1 is 1.07 bits per heavy atom. The van der Waals surface area contributed by atoms with Crippen LogP contribution in [0.1, 0.15) is 16.7 Å². The minimum absolute atomic E-state index is 0.0263. The monoisotopic (exact) mass is 400 g/mol. The number of hydrogen-bond acceptors (Lipinski definition) is 3. The highest BCUT2D eigenvalue weighted by Gasteiger charge is 2.30. The van der Waals surface area contributed by atoms with Gasteiger partial charge in [0.15, 0.2) is 0 Å². The fourth-order valence-corrected chi connectivity index (χ4v) is 3.26. The number of amides is 1. The van der Waals surface area contributed by atoms with Crippen LogP contribution in [0.3, 0.4) is 0 Å². The molecule has 0 radical (unpaired) electrons. The normalized spacial score (nSPS) is 11.9. The van der Waals surface area contributed by atoms with Gasteiger partial charge >= 0.3 is 6.18 Å². The number of carbonyl (C=O) groups excluding carboxylic acids is 1. The van der Waals surface area contributed by atoms with Gasteiger partial charge in [-0.25, -0.2) is 8.42 Å². The van der Waals surface area contributed by atoms with Gasteiger partial charge in [-0.05, 0) is 55.3 Å². The molecule has 0 aliphatic carbocycles. The second-order valence-corrected chi connectivity index (χ2v) is 8.09. The van der Waals surface area contributed by atoms with E-state index in [9.17, 15) is 26.4 Å². The van der Waals surface area contributed by atoms with Crippen molar-refractivity contribution in [2.75, 3.05) is 22.4 Å². The molecule has 1 N–H and O–H groups in total. The topological polar surface area (TPSA) is 66.5 Å². The van der Waals surface area contributed by atoms with E-state index in [1.165, 1.54) is 0 Å². The number of rotatable bonds is 5. The summed E-state index contributed by atoms with van der Waals surface area (Å²) < 4.78 is 62.9. The minimum Gasteiger partial charge on any atom is -0.324 e. The molecule has 1 amide bonds. The van der Waals surface area contributed by atoms with E-state index in [-0.39, 0.29) is 5.69 Å². The number of benzene rings is 2. The maximum atomic E-state index is 12.7. The molecule has 2 aromatic rings. The Bertz CT molecular complexity index is 939. The third-order valence-corrected chi connectivity index (χ3v) is 4.98. The zero-order valence-corrected chi connectivity index (χ0v) is 15.8. The smallest absolute Gasteiger partial charge is 0.324 e. The van der Waals surface area contributed by atoms with Crippen LogP contribution < -0.4 is 9.62 Å². The van der Waals surface area contributed by atoms with Crippen molar-refractivity contribution < 1.29 is 26.4 Å². The Balaban J connectivity index is 2.25. The van der Waals surface area contributed by atoms with Gasteiger partial charge in [-0.1, -0.05) is 12.1 Å². The first-order valence-electron chi connectivity index (χ1n) is 7.90. The molecule has 0 saturated heterocycles. The number of hydrogen-bond donors (Lipinski definition) is 1. The van der Waals surface area contributed by atoms with E-state index >= 15 is 0 Å². The van der Waals surface area contributed by atoms with E-state index in [1.807, 2.05) is 19.1 Å². The van der Waals surface area contributed by atoms with Crippen LogP contribution in [0.2, 0.25) is 0 Å². The first-order chi connectivity index (χ1) is 12.4. The van der Waals surface area contributed by atoms with Crippen LogP contribution in [0.15, 0.2) is 42.5 Å². The highest BCUT2D eigenvalue weighted by atomic mass is 32.2. The van der Waals surface area contributed by atoms with E-state index in [1.54, 1.807) is 13.0 Å². The molecule has 2 aromatic carbocycles. The van der Waals surface area contributed by atoms with Crippen molar-refractivity contribution in [3.8, 4) is 0 Å². The maximum Gasteiger partial charge on any atom is 0.416 e. The van der Waals surface area contributed by atoms with Crippen molar-refractivity contribution in [3.05, 3.63) is 59.2 Å². The number of aryl methyl sites for hydroxylation is 2. The maximum absolute atomic E-state index is 12.7. The minimum atomic E-state index is -4.53. The first-order valence-corrected chi connectivity index (χ1v) is 9.75. The fraction of sp³-hybridized carbons (Fsp3) is 0.278. The lowest BCUT2D eigenvalue weighted by atomic mass is 10.1. The fourth-order valence-electron chi connectivity index (χ4n) is 2.41. The third kappa shape index (κ3) is 5.46. The van der Waals surface area contributed by atoms with Crippen molar-refractivity contribution in [1.82, 2.24) is 0 Å². The van der Waals surface area contributed by atoms with Crippen LogP contribution in [0.25, 0.3) is 0 Å². The molecule has 0 unspecified atom stereocenters.